The van der Waals surface area contributed by atoms with E-state index in [0.717, 1.165) is 19.4 Å². The maximum absolute atomic E-state index is 13.3. The molecule has 0 unspecified atom stereocenters. The van der Waals surface area contributed by atoms with Crippen LogP contribution in [0.3, 0.4) is 0 Å². The van der Waals surface area contributed by atoms with Gasteiger partial charge >= 0.3 is 0 Å². The molecule has 1 heterocycles. The van der Waals surface area contributed by atoms with Crippen molar-refractivity contribution in [3.05, 3.63) is 29.6 Å². The lowest BCUT2D eigenvalue weighted by Crippen LogP contribution is -2.43. The van der Waals surface area contributed by atoms with Crippen molar-refractivity contribution in [2.45, 2.75) is 25.3 Å². The third-order valence-electron chi connectivity index (χ3n) is 2.89. The molecular weight excluding hydrogens is 281 g/mol. The summed E-state index contributed by atoms with van der Waals surface area (Å²) in [5.41, 5.74) is -0.341. The molecule has 19 heavy (non-hydrogen) atoms. The second-order valence-electron chi connectivity index (χ2n) is 4.24. The molecule has 7 heteroatoms. The van der Waals surface area contributed by atoms with Crippen molar-refractivity contribution >= 4 is 24.0 Å². The molecule has 1 amide bonds. The summed E-state index contributed by atoms with van der Waals surface area (Å²) in [6.07, 6.45) is 2.55. The Labute approximate surface area is 115 Å². The highest BCUT2D eigenvalue weighted by Gasteiger charge is 2.22. The highest BCUT2D eigenvalue weighted by molar-refractivity contribution is 5.95. The zero-order chi connectivity index (χ0) is 13.1. The number of carbonyl (C=O) groups excluding carboxylic acids is 1. The highest BCUT2D eigenvalue weighted by Crippen LogP contribution is 2.19. The molecule has 0 bridgehead atoms. The van der Waals surface area contributed by atoms with Gasteiger partial charge < -0.3 is 10.6 Å². The summed E-state index contributed by atoms with van der Waals surface area (Å²) in [7, 11) is 0. The fourth-order valence-corrected chi connectivity index (χ4v) is 1.91. The van der Waals surface area contributed by atoms with Gasteiger partial charge in [-0.1, -0.05) is 6.42 Å². The van der Waals surface area contributed by atoms with E-state index in [0.29, 0.717) is 18.6 Å². The second kappa shape index (κ2) is 6.77. The number of piperidine rings is 1. The van der Waals surface area contributed by atoms with E-state index >= 15 is 0 Å². The average molecular weight is 295 g/mol. The Morgan fingerprint density at radius 1 is 1.16 bits per heavy atom. The normalized spacial score (nSPS) is 18.6. The molecular formula is C12H14ClF3N2O. The van der Waals surface area contributed by atoms with Gasteiger partial charge in [0.15, 0.2) is 11.6 Å². The number of halogens is 4. The maximum atomic E-state index is 13.3. The minimum Gasteiger partial charge on any atom is -0.322 e. The Morgan fingerprint density at radius 3 is 2.47 bits per heavy atom. The lowest BCUT2D eigenvalue weighted by atomic mass is 10.0. The average Bonchev–Trinajstić information content (AvgIpc) is 2.37. The van der Waals surface area contributed by atoms with E-state index in [1.807, 2.05) is 0 Å². The SMILES string of the molecule is Cl.O=C(Nc1cc(F)c(F)cc1F)[C@H]1CCCCN1. The van der Waals surface area contributed by atoms with E-state index in [-0.39, 0.29) is 18.1 Å². The van der Waals surface area contributed by atoms with Gasteiger partial charge in [0.05, 0.1) is 11.7 Å². The smallest absolute Gasteiger partial charge is 0.241 e. The molecule has 2 N–H and O–H groups in total. The number of hydrogen-bond acceptors (Lipinski definition) is 2. The van der Waals surface area contributed by atoms with Gasteiger partial charge in [-0.05, 0) is 19.4 Å². The summed E-state index contributed by atoms with van der Waals surface area (Å²) in [6, 6.07) is 0.649. The van der Waals surface area contributed by atoms with Crippen LogP contribution in [0.25, 0.3) is 0 Å². The maximum Gasteiger partial charge on any atom is 0.241 e. The predicted octanol–water partition coefficient (Wildman–Crippen LogP) is 2.61. The zero-order valence-electron chi connectivity index (χ0n) is 10.0. The van der Waals surface area contributed by atoms with E-state index in [9.17, 15) is 18.0 Å². The summed E-state index contributed by atoms with van der Waals surface area (Å²) < 4.78 is 39.0. The van der Waals surface area contributed by atoms with Crippen LogP contribution < -0.4 is 10.6 Å². The van der Waals surface area contributed by atoms with Crippen molar-refractivity contribution in [3.63, 3.8) is 0 Å². The van der Waals surface area contributed by atoms with E-state index in [1.165, 1.54) is 0 Å². The molecule has 0 radical (unpaired) electrons. The minimum absolute atomic E-state index is 0. The van der Waals surface area contributed by atoms with Gasteiger partial charge in [-0.15, -0.1) is 12.4 Å². The van der Waals surface area contributed by atoms with E-state index in [2.05, 4.69) is 10.6 Å². The first-order valence-corrected chi connectivity index (χ1v) is 5.76. The third-order valence-corrected chi connectivity index (χ3v) is 2.89. The molecule has 1 aromatic carbocycles. The number of rotatable bonds is 2. The first-order chi connectivity index (χ1) is 8.58. The second-order valence-corrected chi connectivity index (χ2v) is 4.24. The van der Waals surface area contributed by atoms with Crippen LogP contribution in [0.15, 0.2) is 12.1 Å². The molecule has 1 saturated heterocycles. The van der Waals surface area contributed by atoms with Crippen LogP contribution in [0.1, 0.15) is 19.3 Å². The molecule has 0 aromatic heterocycles. The van der Waals surface area contributed by atoms with Crippen molar-refractivity contribution in [2.24, 2.45) is 0 Å². The van der Waals surface area contributed by atoms with Gasteiger partial charge in [0.25, 0.3) is 0 Å². The van der Waals surface area contributed by atoms with Crippen molar-refractivity contribution in [1.82, 2.24) is 5.32 Å². The molecule has 1 aromatic rings. The first-order valence-electron chi connectivity index (χ1n) is 5.76. The Morgan fingerprint density at radius 2 is 1.84 bits per heavy atom. The highest BCUT2D eigenvalue weighted by atomic mass is 35.5. The lowest BCUT2D eigenvalue weighted by molar-refractivity contribution is -0.118. The van der Waals surface area contributed by atoms with Crippen molar-refractivity contribution in [2.75, 3.05) is 11.9 Å². The number of amides is 1. The largest absolute Gasteiger partial charge is 0.322 e. The summed E-state index contributed by atoms with van der Waals surface area (Å²) >= 11 is 0. The van der Waals surface area contributed by atoms with E-state index in [4.69, 9.17) is 0 Å². The summed E-state index contributed by atoms with van der Waals surface area (Å²) in [6.45, 7) is 0.721. The van der Waals surface area contributed by atoms with Gasteiger partial charge in [-0.2, -0.15) is 0 Å². The zero-order valence-corrected chi connectivity index (χ0v) is 10.8. The van der Waals surface area contributed by atoms with Gasteiger partial charge in [0.2, 0.25) is 5.91 Å². The molecule has 0 saturated carbocycles. The summed E-state index contributed by atoms with van der Waals surface area (Å²) in [5, 5.41) is 5.25. The molecule has 1 atom stereocenters. The quantitative estimate of drug-likeness (QED) is 0.823. The van der Waals surface area contributed by atoms with Crippen LogP contribution in [0.4, 0.5) is 18.9 Å². The Bertz CT molecular complexity index is 465. The van der Waals surface area contributed by atoms with E-state index in [1.54, 1.807) is 0 Å². The first kappa shape index (κ1) is 15.8. The molecule has 106 valence electrons. The molecule has 1 aliphatic heterocycles. The number of nitrogens with one attached hydrogen (secondary N) is 2. The van der Waals surface area contributed by atoms with Crippen molar-refractivity contribution in [3.8, 4) is 0 Å². The fourth-order valence-electron chi connectivity index (χ4n) is 1.91. The molecule has 0 aliphatic carbocycles. The van der Waals surface area contributed by atoms with Crippen molar-refractivity contribution < 1.29 is 18.0 Å². The van der Waals surface area contributed by atoms with Crippen LogP contribution in [0, 0.1) is 17.5 Å². The van der Waals surface area contributed by atoms with Crippen LogP contribution in [0.5, 0.6) is 0 Å². The topological polar surface area (TPSA) is 41.1 Å². The Kier molecular flexibility index (Phi) is 5.62. The molecule has 0 spiro atoms. The monoisotopic (exact) mass is 294 g/mol. The molecule has 1 aliphatic rings. The molecule has 2 rings (SSSR count). The molecule has 3 nitrogen and oxygen atoms in total. The van der Waals surface area contributed by atoms with Crippen molar-refractivity contribution in [1.29, 1.82) is 0 Å². The standard InChI is InChI=1S/C12H13F3N2O.ClH/c13-7-5-9(15)11(6-8(7)14)17-12(18)10-3-1-2-4-16-10;/h5-6,10,16H,1-4H2,(H,17,18);1H/t10-;/m1./s1. The van der Waals surface area contributed by atoms with Gasteiger partial charge in [0, 0.05) is 12.1 Å². The van der Waals surface area contributed by atoms with E-state index < -0.39 is 29.4 Å². The minimum atomic E-state index is -1.28. The third kappa shape index (κ3) is 3.84. The van der Waals surface area contributed by atoms with Gasteiger partial charge in [-0.3, -0.25) is 4.79 Å². The van der Waals surface area contributed by atoms with Crippen LogP contribution >= 0.6 is 12.4 Å². The predicted molar refractivity (Wildman–Crippen MR) is 67.8 cm³/mol. The fraction of sp³-hybridized carbons (Fsp3) is 0.417. The number of hydrogen-bond donors (Lipinski definition) is 2. The Hall–Kier alpha value is -1.27. The number of anilines is 1. The number of carbonyl (C=O) groups is 1. The Balaban J connectivity index is 0.00000180. The van der Waals surface area contributed by atoms with Crippen LogP contribution in [-0.4, -0.2) is 18.5 Å². The van der Waals surface area contributed by atoms with Crippen LogP contribution in [-0.2, 0) is 4.79 Å². The summed E-state index contributed by atoms with van der Waals surface area (Å²) in [5.74, 6) is -3.89. The number of benzene rings is 1. The summed E-state index contributed by atoms with van der Waals surface area (Å²) in [4.78, 5) is 11.8. The molecule has 1 fully saturated rings. The van der Waals surface area contributed by atoms with Gasteiger partial charge in [0.1, 0.15) is 5.82 Å². The lowest BCUT2D eigenvalue weighted by Gasteiger charge is -2.22. The van der Waals surface area contributed by atoms with Gasteiger partial charge in [-0.25, -0.2) is 13.2 Å². The van der Waals surface area contributed by atoms with Crippen LogP contribution in [0.2, 0.25) is 0 Å².